The van der Waals surface area contributed by atoms with Gasteiger partial charge in [-0.15, -0.1) is 70.6 Å². The molecule has 0 radical (unpaired) electrons. The molecule has 0 aromatic rings. The van der Waals surface area contributed by atoms with Gasteiger partial charge in [-0.2, -0.15) is 0 Å². The maximum Gasteiger partial charge on any atom is 0.0718 e. The molecule has 0 nitrogen and oxygen atoms in total. The molecular weight excluding hydrogens is 765 g/mol. The lowest BCUT2D eigenvalue weighted by Crippen LogP contribution is -1.80. The van der Waals surface area contributed by atoms with Crippen LogP contribution in [0.3, 0.4) is 0 Å². The molecule has 6 heterocycles. The van der Waals surface area contributed by atoms with Gasteiger partial charge in [0.2, 0.25) is 0 Å². The standard InChI is InChI=1S/C21H16S16/c1-9-28-14-15(29-9)25-8-27-17-16(26-7-24-14)30-10(31-17)5-4-6-11-32-18-19(33-11)37-21(36-18)20-34-12(22-2)13(23-3)35-20/h5-6H,1,4,7-8H2,2-3H3. The van der Waals surface area contributed by atoms with Crippen molar-refractivity contribution in [2.45, 2.75) is 6.42 Å². The van der Waals surface area contributed by atoms with Gasteiger partial charge in [-0.25, -0.2) is 0 Å². The first-order chi connectivity index (χ1) is 18.1. The van der Waals surface area contributed by atoms with E-state index in [1.807, 2.05) is 188 Å². The summed E-state index contributed by atoms with van der Waals surface area (Å²) in [5.41, 5.74) is 0. The zero-order chi connectivity index (χ0) is 25.4. The maximum atomic E-state index is 4.16. The van der Waals surface area contributed by atoms with Gasteiger partial charge in [0.15, 0.2) is 0 Å². The molecule has 0 aromatic carbocycles. The summed E-state index contributed by atoms with van der Waals surface area (Å²) in [6, 6.07) is 0. The Bertz CT molecular complexity index is 1170. The molecule has 0 bridgehead atoms. The van der Waals surface area contributed by atoms with Crippen LogP contribution in [-0.4, -0.2) is 22.7 Å². The number of allylic oxidation sites excluding steroid dienone is 2. The van der Waals surface area contributed by atoms with E-state index in [0.29, 0.717) is 0 Å². The number of thioether (sulfide) groups is 16. The third kappa shape index (κ3) is 7.61. The quantitative estimate of drug-likeness (QED) is 0.265. The molecule has 0 aliphatic carbocycles. The molecule has 0 saturated heterocycles. The Balaban J connectivity index is 0.996. The van der Waals surface area contributed by atoms with Crippen molar-refractivity contribution in [3.8, 4) is 0 Å². The minimum Gasteiger partial charge on any atom is -0.121 e. The van der Waals surface area contributed by atoms with Gasteiger partial charge < -0.3 is 0 Å². The first-order valence-electron chi connectivity index (χ1n) is 10.3. The van der Waals surface area contributed by atoms with Crippen molar-refractivity contribution in [2.24, 2.45) is 0 Å². The maximum absolute atomic E-state index is 4.16. The van der Waals surface area contributed by atoms with Crippen molar-refractivity contribution in [2.75, 3.05) is 22.7 Å². The van der Waals surface area contributed by atoms with Crippen molar-refractivity contribution < 1.29 is 0 Å². The third-order valence-corrected chi connectivity index (χ3v) is 26.7. The highest BCUT2D eigenvalue weighted by molar-refractivity contribution is 8.50. The summed E-state index contributed by atoms with van der Waals surface area (Å²) in [7, 11) is 0. The summed E-state index contributed by atoms with van der Waals surface area (Å²) < 4.78 is 18.8. The minimum atomic E-state index is 1.00. The second-order valence-corrected chi connectivity index (χ2v) is 26.9. The Morgan fingerprint density at radius 1 is 0.541 bits per heavy atom. The predicted molar refractivity (Wildman–Crippen MR) is 208 cm³/mol. The van der Waals surface area contributed by atoms with Crippen LogP contribution in [0.1, 0.15) is 6.42 Å². The van der Waals surface area contributed by atoms with E-state index in [-0.39, 0.29) is 0 Å². The molecule has 0 fully saturated rings. The normalized spacial score (nSPS) is 24.6. The van der Waals surface area contributed by atoms with E-state index < -0.39 is 0 Å². The fraction of sp³-hybridized carbons (Fsp3) is 0.238. The summed E-state index contributed by atoms with van der Waals surface area (Å²) in [5.74, 6) is 0. The number of rotatable bonds is 4. The van der Waals surface area contributed by atoms with Gasteiger partial charge >= 0.3 is 0 Å². The molecule has 37 heavy (non-hydrogen) atoms. The second kappa shape index (κ2) is 14.5. The Morgan fingerprint density at radius 3 is 1.38 bits per heavy atom. The summed E-state index contributed by atoms with van der Waals surface area (Å²) in [6.45, 7) is 4.16. The minimum absolute atomic E-state index is 1.00. The number of hydrogen-bond acceptors (Lipinski definition) is 16. The number of hydrogen-bond donors (Lipinski definition) is 0. The van der Waals surface area contributed by atoms with Crippen molar-refractivity contribution in [1.29, 1.82) is 0 Å². The van der Waals surface area contributed by atoms with Gasteiger partial charge in [0.1, 0.15) is 0 Å². The summed E-state index contributed by atoms with van der Waals surface area (Å²) >= 11 is 31.2. The third-order valence-electron chi connectivity index (χ3n) is 4.46. The second-order valence-electron chi connectivity index (χ2n) is 6.77. The molecule has 6 aliphatic heterocycles. The Labute approximate surface area is 286 Å². The van der Waals surface area contributed by atoms with E-state index in [4.69, 9.17) is 0 Å². The van der Waals surface area contributed by atoms with E-state index in [1.165, 1.54) is 55.1 Å². The van der Waals surface area contributed by atoms with Crippen LogP contribution in [0.15, 0.2) is 73.8 Å². The highest BCUT2D eigenvalue weighted by Crippen LogP contribution is 2.70. The van der Waals surface area contributed by atoms with Crippen LogP contribution in [0.5, 0.6) is 0 Å². The fourth-order valence-corrected chi connectivity index (χ4v) is 26.8. The first kappa shape index (κ1) is 30.5. The molecule has 0 atom stereocenters. The van der Waals surface area contributed by atoms with Crippen LogP contribution in [0, 0.1) is 0 Å². The van der Waals surface area contributed by atoms with Crippen LogP contribution in [0.4, 0.5) is 0 Å². The smallest absolute Gasteiger partial charge is 0.0718 e. The zero-order valence-corrected chi connectivity index (χ0v) is 32.1. The molecule has 0 saturated carbocycles. The van der Waals surface area contributed by atoms with E-state index in [1.54, 1.807) is 0 Å². The molecule has 0 spiro atoms. The zero-order valence-electron chi connectivity index (χ0n) is 19.0. The van der Waals surface area contributed by atoms with Gasteiger partial charge in [-0.05, 0) is 18.9 Å². The Hall–Kier alpha value is 3.52. The van der Waals surface area contributed by atoms with E-state index in [0.717, 1.165) is 16.6 Å². The lowest BCUT2D eigenvalue weighted by molar-refractivity contribution is 1.41. The van der Waals surface area contributed by atoms with Crippen LogP contribution in [0.25, 0.3) is 0 Å². The first-order valence-corrected chi connectivity index (χ1v) is 24.8. The molecule has 0 amide bonds. The van der Waals surface area contributed by atoms with Crippen molar-refractivity contribution in [1.82, 2.24) is 0 Å². The van der Waals surface area contributed by atoms with Gasteiger partial charge in [-0.3, -0.25) is 0 Å². The summed E-state index contributed by atoms with van der Waals surface area (Å²) in [6.07, 6.45) is 10.2. The van der Waals surface area contributed by atoms with Crippen LogP contribution < -0.4 is 0 Å². The van der Waals surface area contributed by atoms with E-state index in [2.05, 4.69) is 31.2 Å². The molecule has 0 N–H and O–H groups in total. The monoisotopic (exact) mass is 780 g/mol. The summed E-state index contributed by atoms with van der Waals surface area (Å²) in [4.78, 5) is 0. The summed E-state index contributed by atoms with van der Waals surface area (Å²) in [5, 5.41) is 2.15. The molecule has 16 heteroatoms. The predicted octanol–water partition coefficient (Wildman–Crippen LogP) is 14.2. The van der Waals surface area contributed by atoms with Crippen molar-refractivity contribution in [3.63, 3.8) is 0 Å². The Kier molecular flexibility index (Phi) is 12.0. The molecule has 6 rings (SSSR count). The van der Waals surface area contributed by atoms with Gasteiger partial charge in [-0.1, -0.05) is 136 Å². The van der Waals surface area contributed by atoms with Crippen LogP contribution in [0.2, 0.25) is 0 Å². The average molecular weight is 781 g/mol. The van der Waals surface area contributed by atoms with Crippen LogP contribution >= 0.6 is 188 Å². The highest BCUT2D eigenvalue weighted by atomic mass is 32.3. The topological polar surface area (TPSA) is 0 Å². The molecule has 6 aliphatic rings. The van der Waals surface area contributed by atoms with Gasteiger partial charge in [0.25, 0.3) is 0 Å². The van der Waals surface area contributed by atoms with Crippen molar-refractivity contribution in [3.05, 3.63) is 73.8 Å². The molecule has 0 unspecified atom stereocenters. The van der Waals surface area contributed by atoms with Gasteiger partial charge in [0, 0.05) is 22.9 Å². The Morgan fingerprint density at radius 2 is 0.919 bits per heavy atom. The molecule has 196 valence electrons. The average Bonchev–Trinajstić information content (AvgIpc) is 3.68. The highest BCUT2D eigenvalue weighted by Gasteiger charge is 2.34. The lowest BCUT2D eigenvalue weighted by atomic mass is 10.4. The molecule has 0 aromatic heterocycles. The van der Waals surface area contributed by atoms with E-state index in [9.17, 15) is 0 Å². The SMILES string of the molecule is C=C1SC2=C(SCSC3=C(SCS2)SC(=CCC=C2SC4=C(S2)SC(=C2SC(SC)=C(SC)S2)S4)S3)S1. The lowest BCUT2D eigenvalue weighted by Gasteiger charge is -2.09. The van der Waals surface area contributed by atoms with Crippen LogP contribution in [-0.2, 0) is 0 Å². The van der Waals surface area contributed by atoms with E-state index >= 15 is 0 Å². The van der Waals surface area contributed by atoms with Gasteiger partial charge in [0.05, 0.1) is 42.4 Å². The fourth-order valence-electron chi connectivity index (χ4n) is 2.93. The molecular formula is C21H16S16. The van der Waals surface area contributed by atoms with Crippen molar-refractivity contribution >= 4 is 188 Å². The largest absolute Gasteiger partial charge is 0.121 e.